The van der Waals surface area contributed by atoms with Crippen LogP contribution >= 0.6 is 11.6 Å². The highest BCUT2D eigenvalue weighted by atomic mass is 35.5. The first-order valence-electron chi connectivity index (χ1n) is 10.0. The number of aromatic nitrogens is 7. The topological polar surface area (TPSA) is 107 Å². The second-order valence-electron chi connectivity index (χ2n) is 7.34. The highest BCUT2D eigenvalue weighted by Gasteiger charge is 2.19. The van der Waals surface area contributed by atoms with E-state index in [9.17, 15) is 9.50 Å². The Balaban J connectivity index is 1.47. The molecule has 0 bridgehead atoms. The number of halogens is 2. The molecule has 2 aromatic carbocycles. The number of anilines is 2. The van der Waals surface area contributed by atoms with Crippen molar-refractivity contribution in [2.75, 3.05) is 11.9 Å². The van der Waals surface area contributed by atoms with Gasteiger partial charge in [0.05, 0.1) is 29.0 Å². The molecule has 5 rings (SSSR count). The minimum atomic E-state index is -0.610. The number of fused-ring (bicyclic) bond motifs is 1. The van der Waals surface area contributed by atoms with Crippen LogP contribution in [-0.4, -0.2) is 46.5 Å². The third-order valence-electron chi connectivity index (χ3n) is 5.28. The molecular formula is C22H18ClFN8O. The minimum Gasteiger partial charge on any atom is -0.394 e. The lowest BCUT2D eigenvalue weighted by atomic mass is 10.1. The molecule has 2 N–H and O–H groups in total. The lowest BCUT2D eigenvalue weighted by molar-refractivity contribution is 0.242. The summed E-state index contributed by atoms with van der Waals surface area (Å²) in [5.74, 6) is 0.641. The standard InChI is InChI=1S/C22H18ClFN8O/c1-31-21(7-9-26-31)28-22-25-8-6-17(27-22)13-3-5-19-18(11-13)29-30-32(19)20(12-33)14-2-4-15(23)16(24)10-14/h2-11,20,33H,12H2,1H3,(H,25,27,28)/t20-/m0/s1. The van der Waals surface area contributed by atoms with Gasteiger partial charge in [-0.3, -0.25) is 4.68 Å². The molecule has 166 valence electrons. The van der Waals surface area contributed by atoms with Gasteiger partial charge in [0.25, 0.3) is 0 Å². The first-order valence-corrected chi connectivity index (χ1v) is 10.4. The van der Waals surface area contributed by atoms with Crippen molar-refractivity contribution in [1.29, 1.82) is 0 Å². The van der Waals surface area contributed by atoms with Gasteiger partial charge in [0.1, 0.15) is 23.2 Å². The Morgan fingerprint density at radius 1 is 1.12 bits per heavy atom. The van der Waals surface area contributed by atoms with Crippen LogP contribution in [0.4, 0.5) is 16.2 Å². The Morgan fingerprint density at radius 2 is 2.00 bits per heavy atom. The van der Waals surface area contributed by atoms with E-state index in [2.05, 4.69) is 30.7 Å². The minimum absolute atomic E-state index is 0.0191. The fourth-order valence-electron chi connectivity index (χ4n) is 3.57. The maximum absolute atomic E-state index is 14.0. The summed E-state index contributed by atoms with van der Waals surface area (Å²) in [6, 6.07) is 13.0. The van der Waals surface area contributed by atoms with Gasteiger partial charge in [-0.2, -0.15) is 5.10 Å². The third-order valence-corrected chi connectivity index (χ3v) is 5.59. The predicted octanol–water partition coefficient (Wildman–Crippen LogP) is 3.74. The molecular weight excluding hydrogens is 447 g/mol. The van der Waals surface area contributed by atoms with E-state index in [4.69, 9.17) is 11.6 Å². The molecule has 9 nitrogen and oxygen atoms in total. The SMILES string of the molecule is Cn1nccc1Nc1nccc(-c2ccc3c(c2)nnn3[C@@H](CO)c2ccc(Cl)c(F)c2)n1. The van der Waals surface area contributed by atoms with Crippen LogP contribution in [-0.2, 0) is 7.05 Å². The summed E-state index contributed by atoms with van der Waals surface area (Å²) < 4.78 is 17.2. The van der Waals surface area contributed by atoms with Crippen molar-refractivity contribution in [3.8, 4) is 11.3 Å². The number of aryl methyl sites for hydroxylation is 1. The molecule has 0 spiro atoms. The number of rotatable bonds is 6. The van der Waals surface area contributed by atoms with Crippen molar-refractivity contribution >= 4 is 34.4 Å². The molecule has 0 aliphatic rings. The van der Waals surface area contributed by atoms with E-state index < -0.39 is 11.9 Å². The van der Waals surface area contributed by atoms with E-state index >= 15 is 0 Å². The number of nitrogens with zero attached hydrogens (tertiary/aromatic N) is 7. The van der Waals surface area contributed by atoms with E-state index in [1.807, 2.05) is 31.3 Å². The van der Waals surface area contributed by atoms with Gasteiger partial charge in [0.15, 0.2) is 0 Å². The van der Waals surface area contributed by atoms with Crippen LogP contribution in [0.15, 0.2) is 60.9 Å². The second kappa shape index (κ2) is 8.57. The second-order valence-corrected chi connectivity index (χ2v) is 7.75. The van der Waals surface area contributed by atoms with Crippen molar-refractivity contribution in [3.63, 3.8) is 0 Å². The summed E-state index contributed by atoms with van der Waals surface area (Å²) in [6.45, 7) is -0.282. The summed E-state index contributed by atoms with van der Waals surface area (Å²) in [6.07, 6.45) is 3.35. The van der Waals surface area contributed by atoms with Crippen LogP contribution in [0.1, 0.15) is 11.6 Å². The van der Waals surface area contributed by atoms with Crippen LogP contribution in [0.2, 0.25) is 5.02 Å². The maximum Gasteiger partial charge on any atom is 0.228 e. The van der Waals surface area contributed by atoms with Crippen LogP contribution in [0.25, 0.3) is 22.3 Å². The van der Waals surface area contributed by atoms with E-state index in [1.54, 1.807) is 33.9 Å². The summed E-state index contributed by atoms with van der Waals surface area (Å²) >= 11 is 5.79. The molecule has 0 unspecified atom stereocenters. The molecule has 0 aliphatic heterocycles. The zero-order valence-corrected chi connectivity index (χ0v) is 18.1. The van der Waals surface area contributed by atoms with E-state index in [0.29, 0.717) is 28.2 Å². The Labute approximate surface area is 192 Å². The molecule has 11 heteroatoms. The van der Waals surface area contributed by atoms with Gasteiger partial charge in [0.2, 0.25) is 5.95 Å². The molecule has 1 atom stereocenters. The van der Waals surface area contributed by atoms with Crippen molar-refractivity contribution in [1.82, 2.24) is 34.7 Å². The van der Waals surface area contributed by atoms with Crippen LogP contribution < -0.4 is 5.32 Å². The largest absolute Gasteiger partial charge is 0.394 e. The van der Waals surface area contributed by atoms with Gasteiger partial charge in [-0.15, -0.1) is 5.10 Å². The van der Waals surface area contributed by atoms with E-state index in [-0.39, 0.29) is 11.6 Å². The van der Waals surface area contributed by atoms with E-state index in [0.717, 1.165) is 11.4 Å². The van der Waals surface area contributed by atoms with Crippen molar-refractivity contribution in [2.24, 2.45) is 7.05 Å². The monoisotopic (exact) mass is 464 g/mol. The van der Waals surface area contributed by atoms with Crippen LogP contribution in [0.5, 0.6) is 0 Å². The number of hydrogen-bond acceptors (Lipinski definition) is 7. The fraction of sp³-hybridized carbons (Fsp3) is 0.136. The molecule has 0 fully saturated rings. The van der Waals surface area contributed by atoms with Gasteiger partial charge in [-0.25, -0.2) is 19.0 Å². The van der Waals surface area contributed by atoms with Gasteiger partial charge in [0, 0.05) is 24.9 Å². The molecule has 0 aliphatic carbocycles. The third kappa shape index (κ3) is 4.01. The number of benzene rings is 2. The average Bonchev–Trinajstić information content (AvgIpc) is 3.43. The average molecular weight is 465 g/mol. The first kappa shape index (κ1) is 21.0. The lowest BCUT2D eigenvalue weighted by Crippen LogP contribution is -2.16. The van der Waals surface area contributed by atoms with Crippen molar-refractivity contribution in [3.05, 3.63) is 77.3 Å². The maximum atomic E-state index is 14.0. The zero-order valence-electron chi connectivity index (χ0n) is 17.4. The molecule has 3 aromatic heterocycles. The van der Waals surface area contributed by atoms with Gasteiger partial charge >= 0.3 is 0 Å². The number of aliphatic hydroxyl groups is 1. The van der Waals surface area contributed by atoms with Gasteiger partial charge < -0.3 is 10.4 Å². The lowest BCUT2D eigenvalue weighted by Gasteiger charge is -2.16. The van der Waals surface area contributed by atoms with Gasteiger partial charge in [-0.05, 0) is 35.9 Å². The van der Waals surface area contributed by atoms with Crippen LogP contribution in [0.3, 0.4) is 0 Å². The number of hydrogen-bond donors (Lipinski definition) is 2. The fourth-order valence-corrected chi connectivity index (χ4v) is 3.68. The normalized spacial score (nSPS) is 12.2. The molecule has 33 heavy (non-hydrogen) atoms. The predicted molar refractivity (Wildman–Crippen MR) is 122 cm³/mol. The smallest absolute Gasteiger partial charge is 0.228 e. The van der Waals surface area contributed by atoms with Crippen LogP contribution in [0, 0.1) is 5.82 Å². The van der Waals surface area contributed by atoms with Crippen molar-refractivity contribution < 1.29 is 9.50 Å². The zero-order chi connectivity index (χ0) is 22.9. The Kier molecular flexibility index (Phi) is 5.45. The summed E-state index contributed by atoms with van der Waals surface area (Å²) in [4.78, 5) is 8.84. The highest BCUT2D eigenvalue weighted by molar-refractivity contribution is 6.30. The summed E-state index contributed by atoms with van der Waals surface area (Å²) in [5, 5.41) is 25.7. The van der Waals surface area contributed by atoms with E-state index in [1.165, 1.54) is 12.1 Å². The summed E-state index contributed by atoms with van der Waals surface area (Å²) in [7, 11) is 1.82. The number of nitrogens with one attached hydrogen (secondary N) is 1. The highest BCUT2D eigenvalue weighted by Crippen LogP contribution is 2.28. The quantitative estimate of drug-likeness (QED) is 0.394. The molecule has 0 saturated carbocycles. The molecule has 5 aromatic rings. The Morgan fingerprint density at radius 3 is 2.76 bits per heavy atom. The Bertz CT molecular complexity index is 1450. The first-order chi connectivity index (χ1) is 16.0. The Hall–Kier alpha value is -3.89. The van der Waals surface area contributed by atoms with Crippen molar-refractivity contribution in [2.45, 2.75) is 6.04 Å². The molecule has 0 radical (unpaired) electrons. The van der Waals surface area contributed by atoms with Gasteiger partial charge in [-0.1, -0.05) is 28.9 Å². The molecule has 0 amide bonds. The number of aliphatic hydroxyl groups excluding tert-OH is 1. The molecule has 3 heterocycles. The summed E-state index contributed by atoms with van der Waals surface area (Å²) in [5.41, 5.74) is 3.36. The molecule has 0 saturated heterocycles.